The number of rotatable bonds is 1. The molecule has 0 atom stereocenters. The molecule has 18 heavy (non-hydrogen) atoms. The Bertz CT molecular complexity index is 516. The zero-order valence-electron chi connectivity index (χ0n) is 9.98. The molecule has 0 saturated heterocycles. The number of halogens is 1. The molecule has 1 amide bonds. The number of carbonyl (C=O) groups excluding carboxylic acids is 1. The van der Waals surface area contributed by atoms with Crippen LogP contribution in [0.15, 0.2) is 16.6 Å². The molecule has 96 valence electrons. The SMILES string of the molecule is CC(=O)N1CCCc2ccc([N+](=O)[O-])c(Br)c2C1. The first-order valence-corrected chi connectivity index (χ1v) is 6.50. The van der Waals surface area contributed by atoms with Crippen LogP contribution in [0.25, 0.3) is 0 Å². The average Bonchev–Trinajstić information content (AvgIpc) is 2.51. The quantitative estimate of drug-likeness (QED) is 0.591. The molecule has 1 aromatic rings. The van der Waals surface area contributed by atoms with E-state index in [-0.39, 0.29) is 11.6 Å². The minimum Gasteiger partial charge on any atom is -0.339 e. The van der Waals surface area contributed by atoms with Crippen molar-refractivity contribution in [3.05, 3.63) is 37.8 Å². The lowest BCUT2D eigenvalue weighted by molar-refractivity contribution is -0.385. The first-order chi connectivity index (χ1) is 8.50. The number of nitro groups is 1. The van der Waals surface area contributed by atoms with Crippen LogP contribution in [0.2, 0.25) is 0 Å². The van der Waals surface area contributed by atoms with E-state index >= 15 is 0 Å². The zero-order chi connectivity index (χ0) is 13.3. The van der Waals surface area contributed by atoms with Gasteiger partial charge in [-0.1, -0.05) is 6.07 Å². The van der Waals surface area contributed by atoms with E-state index in [0.29, 0.717) is 17.6 Å². The molecule has 0 N–H and O–H groups in total. The van der Waals surface area contributed by atoms with Gasteiger partial charge in [0.2, 0.25) is 5.91 Å². The van der Waals surface area contributed by atoms with Gasteiger partial charge >= 0.3 is 0 Å². The number of amides is 1. The number of hydrogen-bond donors (Lipinski definition) is 0. The Balaban J connectivity index is 2.47. The number of aryl methyl sites for hydroxylation is 1. The van der Waals surface area contributed by atoms with Gasteiger partial charge in [-0.15, -0.1) is 0 Å². The molecule has 0 aromatic heterocycles. The normalized spacial score (nSPS) is 14.9. The van der Waals surface area contributed by atoms with E-state index in [0.717, 1.165) is 24.0 Å². The third kappa shape index (κ3) is 2.38. The highest BCUT2D eigenvalue weighted by atomic mass is 79.9. The Morgan fingerprint density at radius 3 is 2.83 bits per heavy atom. The molecular formula is C12H13BrN2O3. The summed E-state index contributed by atoms with van der Waals surface area (Å²) in [5.41, 5.74) is 1.99. The van der Waals surface area contributed by atoms with Gasteiger partial charge in [0.05, 0.1) is 4.92 Å². The molecule has 1 heterocycles. The molecule has 5 nitrogen and oxygen atoms in total. The van der Waals surface area contributed by atoms with Crippen LogP contribution in [0.1, 0.15) is 24.5 Å². The van der Waals surface area contributed by atoms with Crippen molar-refractivity contribution >= 4 is 27.5 Å². The van der Waals surface area contributed by atoms with Crippen molar-refractivity contribution in [3.8, 4) is 0 Å². The summed E-state index contributed by atoms with van der Waals surface area (Å²) in [6, 6.07) is 3.31. The lowest BCUT2D eigenvalue weighted by Gasteiger charge is -2.19. The fourth-order valence-electron chi connectivity index (χ4n) is 2.19. The van der Waals surface area contributed by atoms with Crippen LogP contribution in [0.5, 0.6) is 0 Å². The maximum absolute atomic E-state index is 11.5. The highest BCUT2D eigenvalue weighted by Gasteiger charge is 2.23. The van der Waals surface area contributed by atoms with Crippen molar-refractivity contribution in [3.63, 3.8) is 0 Å². The topological polar surface area (TPSA) is 63.5 Å². The summed E-state index contributed by atoms with van der Waals surface area (Å²) in [5, 5.41) is 10.9. The molecule has 1 aliphatic heterocycles. The van der Waals surface area contributed by atoms with Crippen LogP contribution < -0.4 is 0 Å². The van der Waals surface area contributed by atoms with E-state index in [1.54, 1.807) is 11.0 Å². The van der Waals surface area contributed by atoms with Gasteiger partial charge in [-0.05, 0) is 39.9 Å². The first kappa shape index (κ1) is 13.0. The number of carbonyl (C=O) groups is 1. The van der Waals surface area contributed by atoms with Gasteiger partial charge in [0.15, 0.2) is 0 Å². The zero-order valence-corrected chi connectivity index (χ0v) is 11.6. The molecule has 2 rings (SSSR count). The Morgan fingerprint density at radius 2 is 2.22 bits per heavy atom. The summed E-state index contributed by atoms with van der Waals surface area (Å²) in [4.78, 5) is 23.7. The Hall–Kier alpha value is -1.43. The van der Waals surface area contributed by atoms with Crippen LogP contribution >= 0.6 is 15.9 Å². The third-order valence-electron chi connectivity index (χ3n) is 3.18. The van der Waals surface area contributed by atoms with Crippen molar-refractivity contribution in [1.82, 2.24) is 4.90 Å². The summed E-state index contributed by atoms with van der Waals surface area (Å²) in [6.45, 7) is 2.66. The number of nitro benzene ring substituents is 1. The summed E-state index contributed by atoms with van der Waals surface area (Å²) < 4.78 is 0.498. The molecule has 0 fully saturated rings. The fourth-order valence-corrected chi connectivity index (χ4v) is 2.85. The van der Waals surface area contributed by atoms with Crippen molar-refractivity contribution in [2.45, 2.75) is 26.3 Å². The third-order valence-corrected chi connectivity index (χ3v) is 4.07. The lowest BCUT2D eigenvalue weighted by atomic mass is 10.0. The van der Waals surface area contributed by atoms with Crippen LogP contribution in [-0.2, 0) is 17.8 Å². The average molecular weight is 313 g/mol. The minimum atomic E-state index is -0.409. The minimum absolute atomic E-state index is 0.00116. The molecule has 6 heteroatoms. The molecule has 0 aliphatic carbocycles. The smallest absolute Gasteiger partial charge is 0.283 e. The van der Waals surface area contributed by atoms with E-state index in [1.165, 1.54) is 13.0 Å². The maximum Gasteiger partial charge on any atom is 0.283 e. The Kier molecular flexibility index (Phi) is 3.65. The lowest BCUT2D eigenvalue weighted by Crippen LogP contribution is -2.28. The number of benzene rings is 1. The van der Waals surface area contributed by atoms with Gasteiger partial charge in [0, 0.05) is 26.1 Å². The second-order valence-corrected chi connectivity index (χ2v) is 5.13. The highest BCUT2D eigenvalue weighted by molar-refractivity contribution is 9.10. The van der Waals surface area contributed by atoms with E-state index in [9.17, 15) is 14.9 Å². The summed E-state index contributed by atoms with van der Waals surface area (Å²) in [5.74, 6) is 0.00116. The predicted molar refractivity (Wildman–Crippen MR) is 70.2 cm³/mol. The molecule has 0 spiro atoms. The summed E-state index contributed by atoms with van der Waals surface area (Å²) in [7, 11) is 0. The van der Waals surface area contributed by atoms with Crippen molar-refractivity contribution < 1.29 is 9.72 Å². The summed E-state index contributed by atoms with van der Waals surface area (Å²) in [6.07, 6.45) is 1.73. The molecule has 0 saturated carbocycles. The van der Waals surface area contributed by atoms with Gasteiger partial charge in [-0.25, -0.2) is 0 Å². The van der Waals surface area contributed by atoms with Gasteiger partial charge < -0.3 is 4.90 Å². The van der Waals surface area contributed by atoms with Crippen LogP contribution in [0.4, 0.5) is 5.69 Å². The molecule has 0 bridgehead atoms. The molecule has 1 aromatic carbocycles. The van der Waals surface area contributed by atoms with Crippen molar-refractivity contribution in [2.24, 2.45) is 0 Å². The Labute approximate surface area is 113 Å². The highest BCUT2D eigenvalue weighted by Crippen LogP contribution is 2.33. The first-order valence-electron chi connectivity index (χ1n) is 5.71. The maximum atomic E-state index is 11.5. The Morgan fingerprint density at radius 1 is 1.50 bits per heavy atom. The second-order valence-electron chi connectivity index (χ2n) is 4.34. The fraction of sp³-hybridized carbons (Fsp3) is 0.417. The predicted octanol–water partition coefficient (Wildman–Crippen LogP) is 2.65. The summed E-state index contributed by atoms with van der Waals surface area (Å²) >= 11 is 3.30. The largest absolute Gasteiger partial charge is 0.339 e. The molecule has 0 radical (unpaired) electrons. The van der Waals surface area contributed by atoms with Crippen LogP contribution in [0.3, 0.4) is 0 Å². The number of nitrogens with zero attached hydrogens (tertiary/aromatic N) is 2. The monoisotopic (exact) mass is 312 g/mol. The van der Waals surface area contributed by atoms with E-state index < -0.39 is 4.92 Å². The van der Waals surface area contributed by atoms with Crippen molar-refractivity contribution in [2.75, 3.05) is 6.54 Å². The number of hydrogen-bond acceptors (Lipinski definition) is 3. The van der Waals surface area contributed by atoms with E-state index in [1.807, 2.05) is 0 Å². The van der Waals surface area contributed by atoms with E-state index in [2.05, 4.69) is 15.9 Å². The number of fused-ring (bicyclic) bond motifs is 1. The molecular weight excluding hydrogens is 300 g/mol. The standard InChI is InChI=1S/C12H13BrN2O3/c1-8(16)14-6-2-3-9-4-5-11(15(17)18)12(13)10(9)7-14/h4-5H,2-3,6-7H2,1H3. The molecule has 1 aliphatic rings. The van der Waals surface area contributed by atoms with Gasteiger partial charge in [-0.3, -0.25) is 14.9 Å². The van der Waals surface area contributed by atoms with Crippen LogP contribution in [-0.4, -0.2) is 22.3 Å². The second kappa shape index (κ2) is 5.06. The van der Waals surface area contributed by atoms with E-state index in [4.69, 9.17) is 0 Å². The van der Waals surface area contributed by atoms with Gasteiger partial charge in [0.25, 0.3) is 5.69 Å². The van der Waals surface area contributed by atoms with Crippen molar-refractivity contribution in [1.29, 1.82) is 0 Å². The van der Waals surface area contributed by atoms with Gasteiger partial charge in [-0.2, -0.15) is 0 Å². The molecule has 0 unspecified atom stereocenters. The van der Waals surface area contributed by atoms with Gasteiger partial charge in [0.1, 0.15) is 4.47 Å². The van der Waals surface area contributed by atoms with Crippen LogP contribution in [0, 0.1) is 10.1 Å².